The summed E-state index contributed by atoms with van der Waals surface area (Å²) in [6.07, 6.45) is 0. The molecule has 0 saturated carbocycles. The number of aromatic nitrogens is 3. The van der Waals surface area contributed by atoms with Crippen LogP contribution in [0.4, 0.5) is 0 Å². The molecule has 0 aliphatic heterocycles. The van der Waals surface area contributed by atoms with Gasteiger partial charge in [0.1, 0.15) is 17.3 Å². The van der Waals surface area contributed by atoms with Crippen LogP contribution in [0.1, 0.15) is 38.8 Å². The van der Waals surface area contributed by atoms with Crippen molar-refractivity contribution in [1.29, 1.82) is 0 Å². The maximum Gasteiger partial charge on any atom is 0.273 e. The summed E-state index contributed by atoms with van der Waals surface area (Å²) in [5.74, 6) is 1.17. The average molecular weight is 414 g/mol. The first-order valence-corrected chi connectivity index (χ1v) is 10.0. The minimum Gasteiger partial charge on any atom is -0.466 e. The number of thioether (sulfide) groups is 1. The SMILES string of the molecule is Cc1ccc(C)c(-n2c(C)nnc2SCC(=O)NNC(=O)c2cc(C)oc2C)c1. The second-order valence-corrected chi connectivity index (χ2v) is 7.72. The molecule has 0 bridgehead atoms. The molecule has 0 spiro atoms. The summed E-state index contributed by atoms with van der Waals surface area (Å²) in [5, 5.41) is 8.95. The standard InChI is InChI=1S/C20H23N5O3S/c1-11-6-7-12(2)17(8-11)25-15(5)21-24-20(25)29-10-18(26)22-23-19(27)16-9-13(3)28-14(16)4/h6-9H,10H2,1-5H3,(H,22,26)(H,23,27). The highest BCUT2D eigenvalue weighted by molar-refractivity contribution is 7.99. The number of nitrogens with zero attached hydrogens (tertiary/aromatic N) is 3. The van der Waals surface area contributed by atoms with E-state index in [1.165, 1.54) is 11.8 Å². The van der Waals surface area contributed by atoms with Crippen molar-refractivity contribution < 1.29 is 14.0 Å². The van der Waals surface area contributed by atoms with Gasteiger partial charge in [0.2, 0.25) is 5.91 Å². The van der Waals surface area contributed by atoms with Crippen LogP contribution in [-0.2, 0) is 4.79 Å². The Morgan fingerprint density at radius 2 is 1.83 bits per heavy atom. The fourth-order valence-corrected chi connectivity index (χ4v) is 3.68. The fraction of sp³-hybridized carbons (Fsp3) is 0.300. The number of aryl methyl sites for hydroxylation is 5. The van der Waals surface area contributed by atoms with Crippen LogP contribution in [0, 0.1) is 34.6 Å². The van der Waals surface area contributed by atoms with Gasteiger partial charge in [-0.1, -0.05) is 23.9 Å². The lowest BCUT2D eigenvalue weighted by Gasteiger charge is -2.12. The third-order valence-electron chi connectivity index (χ3n) is 4.33. The van der Waals surface area contributed by atoms with Crippen LogP contribution < -0.4 is 10.9 Å². The van der Waals surface area contributed by atoms with Gasteiger partial charge in [-0.3, -0.25) is 25.0 Å². The Morgan fingerprint density at radius 1 is 1.07 bits per heavy atom. The zero-order chi connectivity index (χ0) is 21.1. The molecule has 2 aromatic heterocycles. The van der Waals surface area contributed by atoms with Crippen LogP contribution in [0.25, 0.3) is 5.69 Å². The van der Waals surface area contributed by atoms with E-state index in [0.29, 0.717) is 22.2 Å². The van der Waals surface area contributed by atoms with Gasteiger partial charge in [-0.2, -0.15) is 0 Å². The number of nitrogens with one attached hydrogen (secondary N) is 2. The van der Waals surface area contributed by atoms with E-state index in [9.17, 15) is 9.59 Å². The smallest absolute Gasteiger partial charge is 0.273 e. The third kappa shape index (κ3) is 4.68. The largest absolute Gasteiger partial charge is 0.466 e. The molecular formula is C20H23N5O3S. The summed E-state index contributed by atoms with van der Waals surface area (Å²) in [6.45, 7) is 9.36. The molecule has 0 saturated heterocycles. The van der Waals surface area contributed by atoms with E-state index < -0.39 is 5.91 Å². The van der Waals surface area contributed by atoms with Crippen LogP contribution in [0.15, 0.2) is 33.8 Å². The van der Waals surface area contributed by atoms with E-state index in [1.807, 2.05) is 37.5 Å². The summed E-state index contributed by atoms with van der Waals surface area (Å²) < 4.78 is 7.25. The normalized spacial score (nSPS) is 10.8. The molecule has 2 N–H and O–H groups in total. The number of carbonyl (C=O) groups excluding carboxylic acids is 2. The van der Waals surface area contributed by atoms with E-state index in [-0.39, 0.29) is 11.7 Å². The summed E-state index contributed by atoms with van der Waals surface area (Å²) >= 11 is 1.25. The van der Waals surface area contributed by atoms with E-state index in [0.717, 1.165) is 22.6 Å². The zero-order valence-electron chi connectivity index (χ0n) is 17.0. The zero-order valence-corrected chi connectivity index (χ0v) is 17.8. The minimum absolute atomic E-state index is 0.0761. The molecule has 0 fully saturated rings. The first-order chi connectivity index (χ1) is 13.8. The van der Waals surface area contributed by atoms with Crippen molar-refractivity contribution in [3.05, 3.63) is 58.3 Å². The lowest BCUT2D eigenvalue weighted by atomic mass is 10.1. The quantitative estimate of drug-likeness (QED) is 0.493. The Hall–Kier alpha value is -3.07. The van der Waals surface area contributed by atoms with Crippen LogP contribution in [-0.4, -0.2) is 32.3 Å². The van der Waals surface area contributed by atoms with Crippen molar-refractivity contribution in [1.82, 2.24) is 25.6 Å². The number of hydrogen-bond donors (Lipinski definition) is 2. The molecule has 8 nitrogen and oxygen atoms in total. The molecule has 1 aromatic carbocycles. The predicted molar refractivity (Wildman–Crippen MR) is 110 cm³/mol. The molecule has 29 heavy (non-hydrogen) atoms. The fourth-order valence-electron chi connectivity index (χ4n) is 2.89. The molecule has 0 unspecified atom stereocenters. The summed E-state index contributed by atoms with van der Waals surface area (Å²) in [5.41, 5.74) is 8.40. The van der Waals surface area contributed by atoms with Crippen molar-refractivity contribution in [2.45, 2.75) is 39.8 Å². The van der Waals surface area contributed by atoms with Gasteiger partial charge in [0.05, 0.1) is 17.0 Å². The molecule has 9 heteroatoms. The number of rotatable bonds is 5. The molecule has 0 aliphatic carbocycles. The van der Waals surface area contributed by atoms with Gasteiger partial charge in [-0.05, 0) is 57.9 Å². The van der Waals surface area contributed by atoms with Crippen molar-refractivity contribution in [2.24, 2.45) is 0 Å². The maximum absolute atomic E-state index is 12.2. The van der Waals surface area contributed by atoms with E-state index in [1.54, 1.807) is 19.9 Å². The Morgan fingerprint density at radius 3 is 2.52 bits per heavy atom. The van der Waals surface area contributed by atoms with Gasteiger partial charge in [0.15, 0.2) is 5.16 Å². The molecule has 152 valence electrons. The highest BCUT2D eigenvalue weighted by Gasteiger charge is 2.17. The van der Waals surface area contributed by atoms with Gasteiger partial charge in [0, 0.05) is 0 Å². The number of carbonyl (C=O) groups is 2. The van der Waals surface area contributed by atoms with Crippen LogP contribution in [0.3, 0.4) is 0 Å². The second-order valence-electron chi connectivity index (χ2n) is 6.77. The van der Waals surface area contributed by atoms with Gasteiger partial charge in [-0.25, -0.2) is 0 Å². The Balaban J connectivity index is 1.63. The van der Waals surface area contributed by atoms with Crippen molar-refractivity contribution >= 4 is 23.6 Å². The molecule has 3 aromatic rings. The van der Waals surface area contributed by atoms with E-state index in [4.69, 9.17) is 4.42 Å². The predicted octanol–water partition coefficient (Wildman–Crippen LogP) is 2.96. The maximum atomic E-state index is 12.2. The molecule has 2 amide bonds. The summed E-state index contributed by atoms with van der Waals surface area (Å²) in [6, 6.07) is 7.78. The Bertz CT molecular complexity index is 1070. The van der Waals surface area contributed by atoms with Crippen LogP contribution >= 0.6 is 11.8 Å². The van der Waals surface area contributed by atoms with Gasteiger partial charge >= 0.3 is 0 Å². The molecule has 0 aliphatic rings. The molecule has 3 rings (SSSR count). The van der Waals surface area contributed by atoms with Crippen LogP contribution in [0.2, 0.25) is 0 Å². The number of hydrazine groups is 1. The number of hydrogen-bond acceptors (Lipinski definition) is 6. The average Bonchev–Trinajstić information content (AvgIpc) is 3.21. The molecule has 0 radical (unpaired) electrons. The lowest BCUT2D eigenvalue weighted by Crippen LogP contribution is -2.42. The molecular weight excluding hydrogens is 390 g/mol. The number of benzene rings is 1. The summed E-state index contributed by atoms with van der Waals surface area (Å²) in [4.78, 5) is 24.3. The second kappa shape index (κ2) is 8.52. The highest BCUT2D eigenvalue weighted by Crippen LogP contribution is 2.24. The van der Waals surface area contributed by atoms with Crippen LogP contribution in [0.5, 0.6) is 0 Å². The first-order valence-electron chi connectivity index (χ1n) is 9.05. The lowest BCUT2D eigenvalue weighted by molar-refractivity contribution is -0.119. The van der Waals surface area contributed by atoms with Crippen molar-refractivity contribution in [3.8, 4) is 5.69 Å². The number of amides is 2. The molecule has 0 atom stereocenters. The number of furan rings is 1. The summed E-state index contributed by atoms with van der Waals surface area (Å²) in [7, 11) is 0. The topological polar surface area (TPSA) is 102 Å². The minimum atomic E-state index is -0.424. The van der Waals surface area contributed by atoms with Gasteiger partial charge in [-0.15, -0.1) is 10.2 Å². The molecule has 2 heterocycles. The third-order valence-corrected chi connectivity index (χ3v) is 5.26. The van der Waals surface area contributed by atoms with Gasteiger partial charge < -0.3 is 4.42 Å². The van der Waals surface area contributed by atoms with Gasteiger partial charge in [0.25, 0.3) is 5.91 Å². The van der Waals surface area contributed by atoms with Crippen molar-refractivity contribution in [3.63, 3.8) is 0 Å². The van der Waals surface area contributed by atoms with Crippen molar-refractivity contribution in [2.75, 3.05) is 5.75 Å². The monoisotopic (exact) mass is 413 g/mol. The first kappa shape index (κ1) is 20.7. The van der Waals surface area contributed by atoms with E-state index in [2.05, 4.69) is 27.1 Å². The Labute approximate surface area is 173 Å². The Kier molecular flexibility index (Phi) is 6.07. The van der Waals surface area contributed by atoms with E-state index >= 15 is 0 Å². The highest BCUT2D eigenvalue weighted by atomic mass is 32.2.